The van der Waals surface area contributed by atoms with Gasteiger partial charge in [-0.25, -0.2) is 0 Å². The van der Waals surface area contributed by atoms with Gasteiger partial charge < -0.3 is 15.2 Å². The van der Waals surface area contributed by atoms with Crippen molar-refractivity contribution in [1.82, 2.24) is 0 Å². The van der Waals surface area contributed by atoms with Crippen LogP contribution in [-0.2, 0) is 4.74 Å². The van der Waals surface area contributed by atoms with Crippen LogP contribution in [0.2, 0.25) is 0 Å². The summed E-state index contributed by atoms with van der Waals surface area (Å²) in [5, 5.41) is 22.0. The number of benzene rings is 1. The Morgan fingerprint density at radius 2 is 2.24 bits per heavy atom. The first-order valence-corrected chi connectivity index (χ1v) is 7.72. The Kier molecular flexibility index (Phi) is 6.04. The molecule has 0 aromatic heterocycles. The second kappa shape index (κ2) is 8.02. The zero-order valence-corrected chi connectivity index (χ0v) is 12.6. The van der Waals surface area contributed by atoms with Crippen LogP contribution in [-0.4, -0.2) is 30.5 Å². The van der Waals surface area contributed by atoms with Crippen molar-refractivity contribution in [2.45, 2.75) is 44.8 Å². The van der Waals surface area contributed by atoms with Crippen molar-refractivity contribution < 1.29 is 9.84 Å². The lowest BCUT2D eigenvalue weighted by molar-refractivity contribution is -0.0424. The predicted octanol–water partition coefficient (Wildman–Crippen LogP) is 2.93. The van der Waals surface area contributed by atoms with Crippen molar-refractivity contribution in [1.29, 1.82) is 5.26 Å². The summed E-state index contributed by atoms with van der Waals surface area (Å²) in [7, 11) is 0. The van der Waals surface area contributed by atoms with Gasteiger partial charge in [0.25, 0.3) is 0 Å². The first kappa shape index (κ1) is 15.8. The molecule has 1 fully saturated rings. The quantitative estimate of drug-likeness (QED) is 0.844. The Hall–Kier alpha value is -1.57. The zero-order chi connectivity index (χ0) is 15.1. The van der Waals surface area contributed by atoms with Crippen LogP contribution in [0.3, 0.4) is 0 Å². The minimum Gasteiger partial charge on any atom is -0.389 e. The maximum atomic E-state index is 10.0. The highest BCUT2D eigenvalue weighted by Crippen LogP contribution is 2.26. The maximum Gasteiger partial charge on any atom is 0.0992 e. The molecule has 4 heteroatoms. The normalized spacial score (nSPS) is 23.3. The molecule has 1 aromatic carbocycles. The van der Waals surface area contributed by atoms with E-state index in [0.717, 1.165) is 12.1 Å². The Bertz CT molecular complexity index is 484. The molecule has 0 heterocycles. The number of ether oxygens (including phenoxy) is 1. The Balaban J connectivity index is 1.71. The van der Waals surface area contributed by atoms with Crippen LogP contribution < -0.4 is 5.32 Å². The fourth-order valence-corrected chi connectivity index (χ4v) is 2.76. The molecule has 2 N–H and O–H groups in total. The minimum atomic E-state index is -0.537. The van der Waals surface area contributed by atoms with Gasteiger partial charge in [-0.2, -0.15) is 5.26 Å². The largest absolute Gasteiger partial charge is 0.389 e. The molecule has 1 saturated carbocycles. The Morgan fingerprint density at radius 3 is 3.00 bits per heavy atom. The molecule has 4 nitrogen and oxygen atoms in total. The topological polar surface area (TPSA) is 65.3 Å². The Labute approximate surface area is 126 Å². The molecular weight excluding hydrogens is 264 g/mol. The number of rotatable bonds is 6. The average molecular weight is 288 g/mol. The van der Waals surface area contributed by atoms with Gasteiger partial charge in [-0.3, -0.25) is 0 Å². The molecule has 21 heavy (non-hydrogen) atoms. The summed E-state index contributed by atoms with van der Waals surface area (Å²) in [4.78, 5) is 0. The lowest BCUT2D eigenvalue weighted by Gasteiger charge is -2.29. The van der Waals surface area contributed by atoms with E-state index >= 15 is 0 Å². The van der Waals surface area contributed by atoms with Crippen LogP contribution in [0.4, 0.5) is 5.69 Å². The second-order valence-corrected chi connectivity index (χ2v) is 5.86. The van der Waals surface area contributed by atoms with Crippen LogP contribution in [0.25, 0.3) is 0 Å². The van der Waals surface area contributed by atoms with E-state index in [1.807, 2.05) is 12.1 Å². The van der Waals surface area contributed by atoms with Gasteiger partial charge in [-0.05, 0) is 37.0 Å². The van der Waals surface area contributed by atoms with Crippen molar-refractivity contribution in [3.05, 3.63) is 29.8 Å². The molecule has 1 aromatic rings. The number of nitrogens with one attached hydrogen (secondary N) is 1. The number of nitrogens with zero attached hydrogens (tertiary/aromatic N) is 1. The van der Waals surface area contributed by atoms with Crippen molar-refractivity contribution >= 4 is 5.69 Å². The number of hydrogen-bond acceptors (Lipinski definition) is 4. The first-order valence-electron chi connectivity index (χ1n) is 7.72. The first-order chi connectivity index (χ1) is 10.2. The Morgan fingerprint density at radius 1 is 1.43 bits per heavy atom. The van der Waals surface area contributed by atoms with Gasteiger partial charge in [0.2, 0.25) is 0 Å². The van der Waals surface area contributed by atoms with Gasteiger partial charge in [0, 0.05) is 12.2 Å². The number of aliphatic hydroxyl groups is 1. The molecule has 1 aliphatic carbocycles. The average Bonchev–Trinajstić information content (AvgIpc) is 2.52. The molecule has 3 unspecified atom stereocenters. The highest BCUT2D eigenvalue weighted by Gasteiger charge is 2.22. The summed E-state index contributed by atoms with van der Waals surface area (Å²) >= 11 is 0. The van der Waals surface area contributed by atoms with Crippen LogP contribution in [0.15, 0.2) is 24.3 Å². The summed E-state index contributed by atoms with van der Waals surface area (Å²) in [6.45, 7) is 3.01. The summed E-state index contributed by atoms with van der Waals surface area (Å²) in [5.41, 5.74) is 1.46. The van der Waals surface area contributed by atoms with Crippen molar-refractivity contribution in [2.75, 3.05) is 18.5 Å². The number of anilines is 1. The molecule has 0 amide bonds. The summed E-state index contributed by atoms with van der Waals surface area (Å²) in [6, 6.07) is 9.35. The number of aliphatic hydroxyl groups excluding tert-OH is 1. The van der Waals surface area contributed by atoms with Crippen molar-refractivity contribution in [2.24, 2.45) is 5.92 Å². The van der Waals surface area contributed by atoms with Gasteiger partial charge in [-0.1, -0.05) is 25.8 Å². The molecule has 0 bridgehead atoms. The van der Waals surface area contributed by atoms with E-state index in [4.69, 9.17) is 10.00 Å². The molecule has 0 radical (unpaired) electrons. The van der Waals surface area contributed by atoms with Gasteiger partial charge in [-0.15, -0.1) is 0 Å². The van der Waals surface area contributed by atoms with Crippen LogP contribution in [0.1, 0.15) is 38.2 Å². The van der Waals surface area contributed by atoms with E-state index < -0.39 is 6.10 Å². The highest BCUT2D eigenvalue weighted by atomic mass is 16.5. The van der Waals surface area contributed by atoms with E-state index in [9.17, 15) is 5.11 Å². The summed E-state index contributed by atoms with van der Waals surface area (Å²) in [5.74, 6) is 0.589. The third kappa shape index (κ3) is 5.04. The monoisotopic (exact) mass is 288 g/mol. The van der Waals surface area contributed by atoms with Crippen LogP contribution in [0.5, 0.6) is 0 Å². The molecule has 1 aliphatic rings. The third-order valence-corrected chi connectivity index (χ3v) is 4.07. The van der Waals surface area contributed by atoms with E-state index in [0.29, 0.717) is 24.6 Å². The van der Waals surface area contributed by atoms with E-state index in [1.54, 1.807) is 12.1 Å². The highest BCUT2D eigenvalue weighted by molar-refractivity contribution is 5.49. The van der Waals surface area contributed by atoms with Gasteiger partial charge in [0.05, 0.1) is 30.4 Å². The van der Waals surface area contributed by atoms with E-state index in [-0.39, 0.29) is 6.10 Å². The van der Waals surface area contributed by atoms with E-state index in [1.165, 1.54) is 19.3 Å². The van der Waals surface area contributed by atoms with Crippen LogP contribution in [0, 0.1) is 17.2 Å². The lowest BCUT2D eigenvalue weighted by Crippen LogP contribution is -2.32. The maximum absolute atomic E-state index is 10.0. The molecule has 2 rings (SSSR count). The second-order valence-electron chi connectivity index (χ2n) is 5.86. The molecule has 3 atom stereocenters. The summed E-state index contributed by atoms with van der Waals surface area (Å²) < 4.78 is 5.85. The van der Waals surface area contributed by atoms with E-state index in [2.05, 4.69) is 18.3 Å². The fraction of sp³-hybridized carbons (Fsp3) is 0.588. The van der Waals surface area contributed by atoms with Gasteiger partial charge >= 0.3 is 0 Å². The minimum absolute atomic E-state index is 0.287. The fourth-order valence-electron chi connectivity index (χ4n) is 2.76. The molecule has 0 aliphatic heterocycles. The molecular formula is C17H24N2O2. The lowest BCUT2D eigenvalue weighted by atomic mass is 9.88. The van der Waals surface area contributed by atoms with Gasteiger partial charge in [0.1, 0.15) is 0 Å². The van der Waals surface area contributed by atoms with Crippen molar-refractivity contribution in [3.63, 3.8) is 0 Å². The third-order valence-electron chi connectivity index (χ3n) is 4.07. The smallest absolute Gasteiger partial charge is 0.0992 e. The zero-order valence-electron chi connectivity index (χ0n) is 12.6. The predicted molar refractivity (Wildman–Crippen MR) is 83.0 cm³/mol. The van der Waals surface area contributed by atoms with Crippen molar-refractivity contribution in [3.8, 4) is 6.07 Å². The summed E-state index contributed by atoms with van der Waals surface area (Å²) in [6.07, 6.45) is 4.59. The molecule has 114 valence electrons. The van der Waals surface area contributed by atoms with Crippen LogP contribution >= 0.6 is 0 Å². The van der Waals surface area contributed by atoms with Gasteiger partial charge in [0.15, 0.2) is 0 Å². The standard InChI is InChI=1S/C17H24N2O2/c1-13-5-2-3-8-17(13)21-12-16(20)11-19-15-7-4-6-14(9-15)10-18/h4,6-7,9,13,16-17,19-20H,2-3,5,8,11-12H2,1H3. The number of hydrogen-bond donors (Lipinski definition) is 2. The number of nitriles is 1. The molecule has 0 saturated heterocycles. The SMILES string of the molecule is CC1CCCCC1OCC(O)CNc1cccc(C#N)c1. The molecule has 0 spiro atoms.